The Morgan fingerprint density at radius 3 is 2.30 bits per heavy atom. The second kappa shape index (κ2) is 5.18. The van der Waals surface area contributed by atoms with Crippen LogP contribution in [0.1, 0.15) is 33.3 Å². The lowest BCUT2D eigenvalue weighted by Gasteiger charge is -2.32. The van der Waals surface area contributed by atoms with Crippen molar-refractivity contribution >= 4 is 13.2 Å². The number of halogens is 1. The molecule has 0 spiro atoms. The van der Waals surface area contributed by atoms with Gasteiger partial charge < -0.3 is 14.0 Å². The topological polar surface area (TPSA) is 40.6 Å². The van der Waals surface area contributed by atoms with E-state index in [9.17, 15) is 4.39 Å². The van der Waals surface area contributed by atoms with Gasteiger partial charge in [-0.15, -0.1) is 0 Å². The number of ether oxygens (including phenoxy) is 1. The highest BCUT2D eigenvalue weighted by Crippen LogP contribution is 2.39. The maximum Gasteiger partial charge on any atom is 0.525 e. The Morgan fingerprint density at radius 2 is 1.85 bits per heavy atom. The highest BCUT2D eigenvalue weighted by molar-refractivity contribution is 6.54. The molecular weight excluding hydrogens is 260 g/mol. The van der Waals surface area contributed by atoms with Crippen LogP contribution in [0.25, 0.3) is 6.08 Å². The van der Waals surface area contributed by atoms with Gasteiger partial charge in [-0.2, -0.15) is 0 Å². The van der Waals surface area contributed by atoms with Gasteiger partial charge in [-0.05, 0) is 45.4 Å². The molecule has 20 heavy (non-hydrogen) atoms. The van der Waals surface area contributed by atoms with Gasteiger partial charge in [0.25, 0.3) is 0 Å². The number of methoxy groups -OCH3 is 1. The van der Waals surface area contributed by atoms with Gasteiger partial charge in [-0.3, -0.25) is 0 Å². The van der Waals surface area contributed by atoms with Gasteiger partial charge in [0.2, 0.25) is 5.88 Å². The Balaban J connectivity index is 2.15. The molecule has 0 bridgehead atoms. The number of pyridine rings is 1. The third-order valence-corrected chi connectivity index (χ3v) is 3.75. The lowest BCUT2D eigenvalue weighted by molar-refractivity contribution is 0.00578. The first-order chi connectivity index (χ1) is 9.25. The molecule has 1 saturated heterocycles. The summed E-state index contributed by atoms with van der Waals surface area (Å²) >= 11 is 0. The summed E-state index contributed by atoms with van der Waals surface area (Å²) in [6, 6.07) is 3.39. The molecule has 0 atom stereocenters. The molecule has 1 aromatic heterocycles. The molecule has 4 nitrogen and oxygen atoms in total. The van der Waals surface area contributed by atoms with Gasteiger partial charge >= 0.3 is 7.12 Å². The summed E-state index contributed by atoms with van der Waals surface area (Å²) in [5, 5.41) is 0. The minimum atomic E-state index is -0.984. The van der Waals surface area contributed by atoms with Crippen molar-refractivity contribution in [3.8, 4) is 5.88 Å². The van der Waals surface area contributed by atoms with E-state index in [4.69, 9.17) is 14.0 Å². The Hall–Kier alpha value is -1.40. The van der Waals surface area contributed by atoms with Gasteiger partial charge in [0.05, 0.1) is 18.3 Å². The Bertz CT molecular complexity index is 498. The van der Waals surface area contributed by atoms with Crippen LogP contribution in [0.2, 0.25) is 0 Å². The molecule has 0 aromatic carbocycles. The number of aromatic nitrogens is 1. The molecule has 1 aromatic rings. The molecule has 0 saturated carbocycles. The summed E-state index contributed by atoms with van der Waals surface area (Å²) in [7, 11) is 0.546. The van der Waals surface area contributed by atoms with Crippen LogP contribution in [0.5, 0.6) is 5.88 Å². The summed E-state index contributed by atoms with van der Waals surface area (Å²) < 4.78 is 30.4. The van der Waals surface area contributed by atoms with Gasteiger partial charge in [0, 0.05) is 12.3 Å². The monoisotopic (exact) mass is 279 g/mol. The van der Waals surface area contributed by atoms with E-state index in [2.05, 4.69) is 4.98 Å². The molecule has 108 valence electrons. The Kier molecular flexibility index (Phi) is 3.89. The molecule has 1 fully saturated rings. The lowest BCUT2D eigenvalue weighted by Crippen LogP contribution is -2.41. The van der Waals surface area contributed by atoms with Crippen molar-refractivity contribution in [2.75, 3.05) is 7.11 Å². The molecule has 0 aliphatic carbocycles. The fourth-order valence-corrected chi connectivity index (χ4v) is 1.78. The zero-order valence-corrected chi connectivity index (χ0v) is 12.4. The number of rotatable bonds is 3. The summed E-state index contributed by atoms with van der Waals surface area (Å²) in [6.45, 7) is 7.54. The van der Waals surface area contributed by atoms with Crippen LogP contribution >= 0.6 is 0 Å². The summed E-state index contributed by atoms with van der Waals surface area (Å²) in [6.07, 6.45) is 2.89. The molecule has 0 radical (unpaired) electrons. The maximum atomic E-state index is 14.2. The average Bonchev–Trinajstić information content (AvgIpc) is 2.59. The standard InChI is InChI=1S/C14H19BFNO3/c1-13(2)14(3,4)20-15(19-13)11(16)8-10-6-7-12(18-5)17-9-10/h6-9H,1-5H3. The highest BCUT2D eigenvalue weighted by Gasteiger charge is 2.53. The van der Waals surface area contributed by atoms with E-state index < -0.39 is 24.0 Å². The van der Waals surface area contributed by atoms with Gasteiger partial charge in [-0.25, -0.2) is 9.37 Å². The van der Waals surface area contributed by atoms with Crippen molar-refractivity contribution < 1.29 is 18.4 Å². The fraction of sp³-hybridized carbons (Fsp3) is 0.500. The molecule has 2 rings (SSSR count). The number of hydrogen-bond donors (Lipinski definition) is 0. The minimum Gasteiger partial charge on any atom is -0.481 e. The van der Waals surface area contributed by atoms with Crippen molar-refractivity contribution in [1.29, 1.82) is 0 Å². The van der Waals surface area contributed by atoms with E-state index in [1.165, 1.54) is 19.4 Å². The normalized spacial score (nSPS) is 21.1. The summed E-state index contributed by atoms with van der Waals surface area (Å²) in [5.74, 6) is 0.484. The maximum absolute atomic E-state index is 14.2. The molecule has 2 heterocycles. The molecule has 0 N–H and O–H groups in total. The van der Waals surface area contributed by atoms with E-state index >= 15 is 0 Å². The quantitative estimate of drug-likeness (QED) is 0.797. The smallest absolute Gasteiger partial charge is 0.481 e. The van der Waals surface area contributed by atoms with Crippen molar-refractivity contribution in [3.63, 3.8) is 0 Å². The third kappa shape index (κ3) is 2.86. The van der Waals surface area contributed by atoms with Crippen LogP contribution in [0, 0.1) is 0 Å². The first-order valence-electron chi connectivity index (χ1n) is 6.48. The van der Waals surface area contributed by atoms with Gasteiger partial charge in [0.1, 0.15) is 5.73 Å². The predicted octanol–water partition coefficient (Wildman–Crippen LogP) is 3.03. The van der Waals surface area contributed by atoms with E-state index in [1.807, 2.05) is 27.7 Å². The van der Waals surface area contributed by atoms with Crippen LogP contribution in [0.15, 0.2) is 24.1 Å². The second-order valence-corrected chi connectivity index (χ2v) is 5.75. The largest absolute Gasteiger partial charge is 0.525 e. The summed E-state index contributed by atoms with van der Waals surface area (Å²) in [4.78, 5) is 4.02. The molecule has 1 aliphatic rings. The average molecular weight is 279 g/mol. The molecule has 1 aliphatic heterocycles. The molecule has 0 amide bonds. The van der Waals surface area contributed by atoms with Crippen LogP contribution in [0.3, 0.4) is 0 Å². The first-order valence-corrected chi connectivity index (χ1v) is 6.48. The molecule has 6 heteroatoms. The highest BCUT2D eigenvalue weighted by atomic mass is 19.1. The second-order valence-electron chi connectivity index (χ2n) is 5.75. The number of nitrogens with zero attached hydrogens (tertiary/aromatic N) is 1. The van der Waals surface area contributed by atoms with E-state index in [-0.39, 0.29) is 0 Å². The zero-order chi connectivity index (χ0) is 15.0. The van der Waals surface area contributed by atoms with Gasteiger partial charge in [0.15, 0.2) is 0 Å². The first kappa shape index (κ1) is 15.0. The Labute approximate surface area is 119 Å². The minimum absolute atomic E-state index is 0.476. The van der Waals surface area contributed by atoms with Crippen LogP contribution in [-0.2, 0) is 9.31 Å². The molecular formula is C14H19BFNO3. The van der Waals surface area contributed by atoms with Crippen molar-refractivity contribution in [3.05, 3.63) is 29.6 Å². The number of hydrogen-bond acceptors (Lipinski definition) is 4. The summed E-state index contributed by atoms with van der Waals surface area (Å²) in [5.41, 5.74) is -0.962. The van der Waals surface area contributed by atoms with E-state index in [0.717, 1.165) is 0 Å². The van der Waals surface area contributed by atoms with E-state index in [1.54, 1.807) is 12.1 Å². The van der Waals surface area contributed by atoms with E-state index in [0.29, 0.717) is 11.4 Å². The third-order valence-electron chi connectivity index (χ3n) is 3.75. The molecule has 0 unspecified atom stereocenters. The SMILES string of the molecule is COc1ccc(C=C(F)B2OC(C)(C)C(C)(C)O2)cn1. The van der Waals surface area contributed by atoms with Crippen LogP contribution in [-0.4, -0.2) is 30.4 Å². The lowest BCUT2D eigenvalue weighted by atomic mass is 9.87. The van der Waals surface area contributed by atoms with Crippen LogP contribution in [0.4, 0.5) is 4.39 Å². The van der Waals surface area contributed by atoms with Crippen LogP contribution < -0.4 is 4.74 Å². The fourth-order valence-electron chi connectivity index (χ4n) is 1.78. The van der Waals surface area contributed by atoms with Crippen molar-refractivity contribution in [2.24, 2.45) is 0 Å². The van der Waals surface area contributed by atoms with Crippen molar-refractivity contribution in [1.82, 2.24) is 4.98 Å². The Morgan fingerprint density at radius 1 is 1.25 bits per heavy atom. The predicted molar refractivity (Wildman–Crippen MR) is 76.0 cm³/mol. The van der Waals surface area contributed by atoms with Crippen molar-refractivity contribution in [2.45, 2.75) is 38.9 Å². The van der Waals surface area contributed by atoms with Gasteiger partial charge in [-0.1, -0.05) is 0 Å². The zero-order valence-electron chi connectivity index (χ0n) is 12.4.